The Morgan fingerprint density at radius 1 is 1.69 bits per heavy atom. The number of nitrogens with zero attached hydrogens (tertiary/aromatic N) is 1. The zero-order valence-electron chi connectivity index (χ0n) is 8.88. The number of nitrogen functional groups attached to an aromatic ring is 1. The van der Waals surface area contributed by atoms with Crippen LogP contribution in [-0.2, 0) is 0 Å². The first-order valence-corrected chi connectivity index (χ1v) is 5.75. The van der Waals surface area contributed by atoms with Crippen molar-refractivity contribution in [1.29, 1.82) is 0 Å². The molecule has 16 heavy (non-hydrogen) atoms. The standard InChI is InChI=1S/C10H14N2O3S/c1-6(4-13)5-16-9-8(10(14)15)2-7(11)3-12-9/h2-3,6,13H,4-5,11H2,1H3,(H,14,15). The van der Waals surface area contributed by atoms with Gasteiger partial charge in [0.15, 0.2) is 0 Å². The van der Waals surface area contributed by atoms with Crippen LogP contribution in [0.3, 0.4) is 0 Å². The van der Waals surface area contributed by atoms with E-state index in [4.69, 9.17) is 15.9 Å². The Hall–Kier alpha value is -1.27. The topological polar surface area (TPSA) is 96.4 Å². The Labute approximate surface area is 97.7 Å². The van der Waals surface area contributed by atoms with Gasteiger partial charge in [0.1, 0.15) is 5.03 Å². The summed E-state index contributed by atoms with van der Waals surface area (Å²) in [5.74, 6) is -0.321. The molecule has 0 saturated carbocycles. The van der Waals surface area contributed by atoms with Crippen LogP contribution >= 0.6 is 11.8 Å². The van der Waals surface area contributed by atoms with Gasteiger partial charge in [0.2, 0.25) is 0 Å². The van der Waals surface area contributed by atoms with E-state index >= 15 is 0 Å². The van der Waals surface area contributed by atoms with Crippen molar-refractivity contribution in [2.45, 2.75) is 11.9 Å². The van der Waals surface area contributed by atoms with Crippen LogP contribution in [0.2, 0.25) is 0 Å². The van der Waals surface area contributed by atoms with Crippen molar-refractivity contribution in [3.8, 4) is 0 Å². The van der Waals surface area contributed by atoms with Crippen LogP contribution in [0.4, 0.5) is 5.69 Å². The van der Waals surface area contributed by atoms with E-state index < -0.39 is 5.97 Å². The number of thioether (sulfide) groups is 1. The van der Waals surface area contributed by atoms with Gasteiger partial charge in [-0.05, 0) is 12.0 Å². The summed E-state index contributed by atoms with van der Waals surface area (Å²) < 4.78 is 0. The molecule has 0 amide bonds. The number of carboxylic acids is 1. The quantitative estimate of drug-likeness (QED) is 0.669. The van der Waals surface area contributed by atoms with E-state index in [0.717, 1.165) is 0 Å². The highest BCUT2D eigenvalue weighted by Gasteiger charge is 2.13. The van der Waals surface area contributed by atoms with E-state index in [-0.39, 0.29) is 18.1 Å². The molecule has 1 aromatic heterocycles. The fourth-order valence-corrected chi connectivity index (χ4v) is 1.99. The van der Waals surface area contributed by atoms with Gasteiger partial charge in [0, 0.05) is 12.4 Å². The summed E-state index contributed by atoms with van der Waals surface area (Å²) in [6, 6.07) is 1.39. The van der Waals surface area contributed by atoms with Gasteiger partial charge in [-0.3, -0.25) is 0 Å². The predicted molar refractivity (Wildman–Crippen MR) is 62.6 cm³/mol. The number of hydrogen-bond donors (Lipinski definition) is 3. The zero-order chi connectivity index (χ0) is 12.1. The van der Waals surface area contributed by atoms with Crippen molar-refractivity contribution in [3.05, 3.63) is 17.8 Å². The molecule has 6 heteroatoms. The highest BCUT2D eigenvalue weighted by Crippen LogP contribution is 2.23. The average molecular weight is 242 g/mol. The molecule has 88 valence electrons. The van der Waals surface area contributed by atoms with Crippen LogP contribution in [0.1, 0.15) is 17.3 Å². The van der Waals surface area contributed by atoms with Crippen LogP contribution in [0.25, 0.3) is 0 Å². The first-order chi connectivity index (χ1) is 7.54. The van der Waals surface area contributed by atoms with Gasteiger partial charge in [-0.15, -0.1) is 11.8 Å². The number of carboxylic acid groups (broad SMARTS) is 1. The molecule has 0 aromatic carbocycles. The monoisotopic (exact) mass is 242 g/mol. The smallest absolute Gasteiger partial charge is 0.338 e. The normalized spacial score (nSPS) is 12.4. The molecule has 4 N–H and O–H groups in total. The molecule has 0 fully saturated rings. The number of anilines is 1. The van der Waals surface area contributed by atoms with Crippen molar-refractivity contribution < 1.29 is 15.0 Å². The van der Waals surface area contributed by atoms with Crippen molar-refractivity contribution in [2.75, 3.05) is 18.1 Å². The van der Waals surface area contributed by atoms with Crippen LogP contribution in [0.5, 0.6) is 0 Å². The Morgan fingerprint density at radius 2 is 2.38 bits per heavy atom. The van der Waals surface area contributed by atoms with Crippen molar-refractivity contribution in [3.63, 3.8) is 0 Å². The van der Waals surface area contributed by atoms with Crippen molar-refractivity contribution in [1.82, 2.24) is 4.98 Å². The summed E-state index contributed by atoms with van der Waals surface area (Å²) in [5.41, 5.74) is 5.91. The largest absolute Gasteiger partial charge is 0.478 e. The van der Waals surface area contributed by atoms with Crippen LogP contribution in [0.15, 0.2) is 17.3 Å². The SMILES string of the molecule is CC(CO)CSc1ncc(N)cc1C(=O)O. The van der Waals surface area contributed by atoms with Gasteiger partial charge in [-0.2, -0.15) is 0 Å². The molecule has 0 spiro atoms. The number of aromatic nitrogens is 1. The van der Waals surface area contributed by atoms with Gasteiger partial charge in [-0.25, -0.2) is 9.78 Å². The summed E-state index contributed by atoms with van der Waals surface area (Å²) in [6.45, 7) is 1.95. The van der Waals surface area contributed by atoms with Crippen LogP contribution < -0.4 is 5.73 Å². The Kier molecular flexibility index (Phi) is 4.57. The number of carbonyl (C=O) groups is 1. The molecule has 1 rings (SSSR count). The van der Waals surface area contributed by atoms with E-state index in [0.29, 0.717) is 16.5 Å². The molecule has 1 unspecified atom stereocenters. The van der Waals surface area contributed by atoms with E-state index in [1.807, 2.05) is 6.92 Å². The second kappa shape index (κ2) is 5.72. The number of nitrogens with two attached hydrogens (primary N) is 1. The molecular formula is C10H14N2O3S. The van der Waals surface area contributed by atoms with E-state index in [1.54, 1.807) is 0 Å². The minimum Gasteiger partial charge on any atom is -0.478 e. The minimum absolute atomic E-state index is 0.0738. The van der Waals surface area contributed by atoms with Gasteiger partial charge in [0.05, 0.1) is 17.4 Å². The van der Waals surface area contributed by atoms with Crippen LogP contribution in [-0.4, -0.2) is 33.5 Å². The number of rotatable bonds is 5. The maximum absolute atomic E-state index is 10.9. The molecule has 0 aliphatic rings. The third-order valence-electron chi connectivity index (χ3n) is 1.92. The zero-order valence-corrected chi connectivity index (χ0v) is 9.70. The lowest BCUT2D eigenvalue weighted by Gasteiger charge is -2.08. The molecular weight excluding hydrogens is 228 g/mol. The number of aromatic carboxylic acids is 1. The lowest BCUT2D eigenvalue weighted by molar-refractivity contribution is 0.0692. The van der Waals surface area contributed by atoms with Gasteiger partial charge in [-0.1, -0.05) is 6.92 Å². The summed E-state index contributed by atoms with van der Waals surface area (Å²) in [4.78, 5) is 14.9. The summed E-state index contributed by atoms with van der Waals surface area (Å²) in [5, 5.41) is 18.3. The molecule has 0 aliphatic heterocycles. The molecule has 0 bridgehead atoms. The predicted octanol–water partition coefficient (Wildman–Crippen LogP) is 1.08. The second-order valence-electron chi connectivity index (χ2n) is 3.53. The van der Waals surface area contributed by atoms with Crippen LogP contribution in [0, 0.1) is 5.92 Å². The maximum atomic E-state index is 10.9. The number of aliphatic hydroxyl groups excluding tert-OH is 1. The lowest BCUT2D eigenvalue weighted by atomic mass is 10.2. The fourth-order valence-electron chi connectivity index (χ4n) is 1.01. The van der Waals surface area contributed by atoms with Crippen molar-refractivity contribution in [2.24, 2.45) is 5.92 Å². The molecule has 5 nitrogen and oxygen atoms in total. The highest BCUT2D eigenvalue weighted by molar-refractivity contribution is 7.99. The first kappa shape index (κ1) is 12.8. The fraction of sp³-hybridized carbons (Fsp3) is 0.400. The Balaban J connectivity index is 2.82. The molecule has 1 aromatic rings. The molecule has 0 radical (unpaired) electrons. The summed E-state index contributed by atoms with van der Waals surface area (Å²) in [7, 11) is 0. The number of pyridine rings is 1. The van der Waals surface area contributed by atoms with Gasteiger partial charge in [0.25, 0.3) is 0 Å². The first-order valence-electron chi connectivity index (χ1n) is 4.77. The van der Waals surface area contributed by atoms with E-state index in [2.05, 4.69) is 4.98 Å². The second-order valence-corrected chi connectivity index (χ2v) is 4.53. The Bertz CT molecular complexity index is 384. The van der Waals surface area contributed by atoms with Gasteiger partial charge >= 0.3 is 5.97 Å². The number of hydrogen-bond acceptors (Lipinski definition) is 5. The lowest BCUT2D eigenvalue weighted by Crippen LogP contribution is -2.06. The Morgan fingerprint density at radius 3 is 2.94 bits per heavy atom. The molecule has 0 aliphatic carbocycles. The molecule has 1 atom stereocenters. The summed E-state index contributed by atoms with van der Waals surface area (Å²) >= 11 is 1.31. The molecule has 1 heterocycles. The van der Waals surface area contributed by atoms with Gasteiger partial charge < -0.3 is 15.9 Å². The average Bonchev–Trinajstić information content (AvgIpc) is 2.26. The van der Waals surface area contributed by atoms with Crippen molar-refractivity contribution >= 4 is 23.4 Å². The number of aliphatic hydroxyl groups is 1. The summed E-state index contributed by atoms with van der Waals surface area (Å²) in [6.07, 6.45) is 1.43. The minimum atomic E-state index is -1.04. The maximum Gasteiger partial charge on any atom is 0.338 e. The third-order valence-corrected chi connectivity index (χ3v) is 3.25. The highest BCUT2D eigenvalue weighted by atomic mass is 32.2. The third kappa shape index (κ3) is 3.39. The van der Waals surface area contributed by atoms with E-state index in [9.17, 15) is 4.79 Å². The van der Waals surface area contributed by atoms with E-state index in [1.165, 1.54) is 24.0 Å². The molecule has 0 saturated heterocycles.